The molecule has 1 aliphatic rings. The lowest BCUT2D eigenvalue weighted by atomic mass is 9.93. The van der Waals surface area contributed by atoms with E-state index in [9.17, 15) is 0 Å². The number of nitrogens with zero attached hydrogens (tertiary/aromatic N) is 4. The van der Waals surface area contributed by atoms with Gasteiger partial charge in [-0.1, -0.05) is 25.1 Å². The Morgan fingerprint density at radius 1 is 1.57 bits per heavy atom. The van der Waals surface area contributed by atoms with Crippen LogP contribution in [0.25, 0.3) is 0 Å². The van der Waals surface area contributed by atoms with Crippen LogP contribution in [0.3, 0.4) is 0 Å². The molecule has 0 aromatic carbocycles. The van der Waals surface area contributed by atoms with Gasteiger partial charge in [0.05, 0.1) is 18.9 Å². The summed E-state index contributed by atoms with van der Waals surface area (Å²) in [7, 11) is 0. The first kappa shape index (κ1) is 15.9. The lowest BCUT2D eigenvalue weighted by Gasteiger charge is -2.39. The van der Waals surface area contributed by atoms with Crippen LogP contribution in [0.5, 0.6) is 0 Å². The number of piperidine rings is 1. The highest BCUT2D eigenvalue weighted by atomic mass is 35.5. The zero-order chi connectivity index (χ0) is 15.2. The van der Waals surface area contributed by atoms with E-state index >= 15 is 0 Å². The third kappa shape index (κ3) is 4.24. The van der Waals surface area contributed by atoms with Crippen molar-refractivity contribution >= 4 is 17.6 Å². The number of aliphatic imine (C=N–C) groups is 1. The summed E-state index contributed by atoms with van der Waals surface area (Å²) in [5.41, 5.74) is 0. The fraction of sp³-hybridized carbons (Fsp3) is 0.600. The molecule has 0 radical (unpaired) electrons. The molecule has 0 aliphatic carbocycles. The van der Waals surface area contributed by atoms with Crippen molar-refractivity contribution in [1.82, 2.24) is 19.8 Å². The summed E-state index contributed by atoms with van der Waals surface area (Å²) >= 11 is 5.83. The zero-order valence-corrected chi connectivity index (χ0v) is 13.6. The highest BCUT2D eigenvalue weighted by Gasteiger charge is 2.28. The van der Waals surface area contributed by atoms with Crippen LogP contribution >= 0.6 is 11.6 Å². The highest BCUT2D eigenvalue weighted by Crippen LogP contribution is 2.27. The van der Waals surface area contributed by atoms with E-state index in [1.807, 2.05) is 18.7 Å². The minimum atomic E-state index is 0.421. The molecule has 5 nitrogen and oxygen atoms in total. The Hall–Kier alpha value is -1.49. The van der Waals surface area contributed by atoms with Crippen LogP contribution in [0, 0.1) is 5.92 Å². The van der Waals surface area contributed by atoms with E-state index in [4.69, 9.17) is 11.6 Å². The first-order valence-electron chi connectivity index (χ1n) is 7.45. The summed E-state index contributed by atoms with van der Waals surface area (Å²) in [5.74, 6) is 1.54. The summed E-state index contributed by atoms with van der Waals surface area (Å²) in [6.07, 6.45) is 6.90. The van der Waals surface area contributed by atoms with Crippen LogP contribution in [0.2, 0.25) is 0 Å². The van der Waals surface area contributed by atoms with Crippen LogP contribution in [-0.2, 0) is 0 Å². The van der Waals surface area contributed by atoms with Gasteiger partial charge in [0.15, 0.2) is 5.96 Å². The van der Waals surface area contributed by atoms with Gasteiger partial charge in [-0.2, -0.15) is 0 Å². The Balaban J connectivity index is 2.10. The standard InChI is InChI=1S/C15H24ClN5/c1-4-18-15(19-9-13(3)16)20-7-5-12(2)14(10-20)21-8-6-17-11-21/h6,8,11-12,14H,3-5,7,9-10H2,1-2H3,(H,18,19). The van der Waals surface area contributed by atoms with Gasteiger partial charge >= 0.3 is 0 Å². The zero-order valence-electron chi connectivity index (χ0n) is 12.8. The van der Waals surface area contributed by atoms with E-state index in [0.717, 1.165) is 32.0 Å². The van der Waals surface area contributed by atoms with Crippen molar-refractivity contribution in [2.75, 3.05) is 26.2 Å². The number of aromatic nitrogens is 2. The van der Waals surface area contributed by atoms with Gasteiger partial charge in [-0.15, -0.1) is 0 Å². The minimum absolute atomic E-state index is 0.421. The number of nitrogens with one attached hydrogen (secondary N) is 1. The molecule has 0 saturated carbocycles. The maximum atomic E-state index is 5.83. The second kappa shape index (κ2) is 7.50. The molecule has 0 amide bonds. The number of likely N-dealkylation sites (tertiary alicyclic amines) is 1. The van der Waals surface area contributed by atoms with E-state index in [1.54, 1.807) is 0 Å². The van der Waals surface area contributed by atoms with Gasteiger partial charge in [0.2, 0.25) is 0 Å². The molecule has 1 aromatic heterocycles. The fourth-order valence-electron chi connectivity index (χ4n) is 2.68. The van der Waals surface area contributed by atoms with Crippen molar-refractivity contribution < 1.29 is 0 Å². The molecule has 1 aliphatic heterocycles. The van der Waals surface area contributed by atoms with Crippen molar-refractivity contribution in [3.8, 4) is 0 Å². The van der Waals surface area contributed by atoms with Crippen LogP contribution in [0.4, 0.5) is 0 Å². The number of guanidine groups is 1. The number of hydrogen-bond acceptors (Lipinski definition) is 2. The Bertz CT molecular complexity index is 482. The normalized spacial score (nSPS) is 23.2. The molecule has 2 unspecified atom stereocenters. The molecule has 2 rings (SSSR count). The molecule has 116 valence electrons. The molecule has 2 heterocycles. The first-order valence-corrected chi connectivity index (χ1v) is 7.83. The smallest absolute Gasteiger partial charge is 0.194 e. The van der Waals surface area contributed by atoms with Gasteiger partial charge in [0.25, 0.3) is 0 Å². The summed E-state index contributed by atoms with van der Waals surface area (Å²) in [6.45, 7) is 11.3. The second-order valence-electron chi connectivity index (χ2n) is 5.48. The van der Waals surface area contributed by atoms with Crippen LogP contribution < -0.4 is 5.32 Å². The van der Waals surface area contributed by atoms with Crippen LogP contribution in [0.1, 0.15) is 26.3 Å². The predicted octanol–water partition coefficient (Wildman–Crippen LogP) is 2.48. The van der Waals surface area contributed by atoms with Crippen molar-refractivity contribution in [2.24, 2.45) is 10.9 Å². The highest BCUT2D eigenvalue weighted by molar-refractivity contribution is 6.29. The monoisotopic (exact) mass is 309 g/mol. The maximum Gasteiger partial charge on any atom is 0.194 e. The second-order valence-corrected chi connectivity index (χ2v) is 6.01. The first-order chi connectivity index (χ1) is 10.1. The lowest BCUT2D eigenvalue weighted by Crippen LogP contribution is -2.49. The molecular weight excluding hydrogens is 286 g/mol. The molecule has 1 fully saturated rings. The Morgan fingerprint density at radius 2 is 2.38 bits per heavy atom. The maximum absolute atomic E-state index is 5.83. The van der Waals surface area contributed by atoms with E-state index in [1.165, 1.54) is 0 Å². The summed E-state index contributed by atoms with van der Waals surface area (Å²) in [5, 5.41) is 3.90. The predicted molar refractivity (Wildman–Crippen MR) is 87.6 cm³/mol. The van der Waals surface area contributed by atoms with Gasteiger partial charge in [-0.25, -0.2) is 9.98 Å². The third-order valence-corrected chi connectivity index (χ3v) is 3.98. The van der Waals surface area contributed by atoms with Crippen LogP contribution in [-0.4, -0.2) is 46.6 Å². The van der Waals surface area contributed by atoms with E-state index in [-0.39, 0.29) is 0 Å². The topological polar surface area (TPSA) is 45.5 Å². The molecular formula is C15H24ClN5. The number of hydrogen-bond donors (Lipinski definition) is 1. The quantitative estimate of drug-likeness (QED) is 0.686. The van der Waals surface area contributed by atoms with Gasteiger partial charge in [-0.3, -0.25) is 0 Å². The molecule has 6 heteroatoms. The molecule has 1 N–H and O–H groups in total. The lowest BCUT2D eigenvalue weighted by molar-refractivity contribution is 0.189. The third-order valence-electron chi connectivity index (χ3n) is 3.86. The molecule has 0 bridgehead atoms. The van der Waals surface area contributed by atoms with E-state index in [2.05, 4.69) is 45.2 Å². The molecule has 0 spiro atoms. The Labute approximate surface area is 131 Å². The number of imidazole rings is 1. The number of halogens is 1. The van der Waals surface area contributed by atoms with E-state index in [0.29, 0.717) is 23.5 Å². The van der Waals surface area contributed by atoms with Gasteiger partial charge in [0, 0.05) is 37.1 Å². The van der Waals surface area contributed by atoms with Crippen molar-refractivity contribution in [2.45, 2.75) is 26.3 Å². The average Bonchev–Trinajstić information content (AvgIpc) is 2.98. The Kier molecular flexibility index (Phi) is 5.67. The minimum Gasteiger partial charge on any atom is -0.357 e. The molecule has 21 heavy (non-hydrogen) atoms. The van der Waals surface area contributed by atoms with Gasteiger partial charge in [0.1, 0.15) is 0 Å². The summed E-state index contributed by atoms with van der Waals surface area (Å²) in [4.78, 5) is 11.0. The van der Waals surface area contributed by atoms with Crippen molar-refractivity contribution in [1.29, 1.82) is 0 Å². The largest absolute Gasteiger partial charge is 0.357 e. The van der Waals surface area contributed by atoms with E-state index < -0.39 is 0 Å². The summed E-state index contributed by atoms with van der Waals surface area (Å²) in [6, 6.07) is 0.421. The molecule has 1 aromatic rings. The van der Waals surface area contributed by atoms with Gasteiger partial charge in [-0.05, 0) is 19.3 Å². The Morgan fingerprint density at radius 3 is 3.00 bits per heavy atom. The molecule has 2 atom stereocenters. The number of rotatable bonds is 4. The summed E-state index contributed by atoms with van der Waals surface area (Å²) < 4.78 is 2.20. The van der Waals surface area contributed by atoms with Crippen molar-refractivity contribution in [3.05, 3.63) is 30.3 Å². The SMILES string of the molecule is C=C(Cl)CN=C(NCC)N1CCC(C)C(n2ccnc2)C1. The average molecular weight is 310 g/mol. The molecule has 1 saturated heterocycles. The van der Waals surface area contributed by atoms with Crippen LogP contribution in [0.15, 0.2) is 35.3 Å². The fourth-order valence-corrected chi connectivity index (χ4v) is 2.74. The van der Waals surface area contributed by atoms with Crippen molar-refractivity contribution in [3.63, 3.8) is 0 Å². The van der Waals surface area contributed by atoms with Gasteiger partial charge < -0.3 is 14.8 Å².